The molecule has 0 saturated heterocycles. The SMILES string of the molecule is CC(=O)OC[C@H]1OC(Oc2ccc(Cl)cc2)C(O)=C(O)[C@@H]1OC(C)=O. The van der Waals surface area contributed by atoms with Gasteiger partial charge >= 0.3 is 11.9 Å². The highest BCUT2D eigenvalue weighted by molar-refractivity contribution is 6.30. The highest BCUT2D eigenvalue weighted by atomic mass is 35.5. The van der Waals surface area contributed by atoms with Gasteiger partial charge in [-0.25, -0.2) is 0 Å². The molecule has 0 fully saturated rings. The molecule has 1 aromatic rings. The number of ether oxygens (including phenoxy) is 4. The molecule has 1 unspecified atom stereocenters. The van der Waals surface area contributed by atoms with E-state index in [2.05, 4.69) is 0 Å². The summed E-state index contributed by atoms with van der Waals surface area (Å²) in [6, 6.07) is 6.21. The average molecular weight is 373 g/mol. The lowest BCUT2D eigenvalue weighted by molar-refractivity contribution is -0.198. The molecule has 2 N–H and O–H groups in total. The van der Waals surface area contributed by atoms with Gasteiger partial charge in [-0.2, -0.15) is 0 Å². The molecule has 0 radical (unpaired) electrons. The Bertz CT molecular complexity index is 669. The van der Waals surface area contributed by atoms with E-state index in [0.717, 1.165) is 6.92 Å². The van der Waals surface area contributed by atoms with Crippen molar-refractivity contribution in [1.82, 2.24) is 0 Å². The van der Waals surface area contributed by atoms with Crippen LogP contribution in [0.15, 0.2) is 35.8 Å². The first-order valence-corrected chi connectivity index (χ1v) is 7.66. The predicted octanol–water partition coefficient (Wildman–Crippen LogP) is 2.27. The van der Waals surface area contributed by atoms with E-state index in [1.54, 1.807) is 12.1 Å². The van der Waals surface area contributed by atoms with Crippen molar-refractivity contribution in [2.75, 3.05) is 6.61 Å². The number of benzene rings is 1. The summed E-state index contributed by atoms with van der Waals surface area (Å²) in [5.74, 6) is -2.28. The lowest BCUT2D eigenvalue weighted by Gasteiger charge is -2.34. The van der Waals surface area contributed by atoms with Crippen molar-refractivity contribution in [2.45, 2.75) is 32.3 Å². The molecular formula is C16H17ClO8. The molecule has 3 atom stereocenters. The van der Waals surface area contributed by atoms with Crippen molar-refractivity contribution in [2.24, 2.45) is 0 Å². The molecule has 0 amide bonds. The topological polar surface area (TPSA) is 112 Å². The van der Waals surface area contributed by atoms with Gasteiger partial charge < -0.3 is 29.2 Å². The zero-order chi connectivity index (χ0) is 18.6. The molecule has 0 bridgehead atoms. The number of esters is 2. The summed E-state index contributed by atoms with van der Waals surface area (Å²) in [4.78, 5) is 22.2. The summed E-state index contributed by atoms with van der Waals surface area (Å²) in [6.07, 6.45) is -3.78. The molecule has 1 aromatic carbocycles. The number of carbonyl (C=O) groups is 2. The smallest absolute Gasteiger partial charge is 0.303 e. The van der Waals surface area contributed by atoms with Gasteiger partial charge in [-0.3, -0.25) is 9.59 Å². The van der Waals surface area contributed by atoms with Crippen LogP contribution in [-0.2, 0) is 23.8 Å². The van der Waals surface area contributed by atoms with Crippen LogP contribution in [0.5, 0.6) is 5.75 Å². The standard InChI is InChI=1S/C16H17ClO8/c1-8(18)22-7-12-15(23-9(2)19)13(20)14(21)16(25-12)24-11-5-3-10(17)4-6-11/h3-6,12,15-16,20-21H,7H2,1-2H3/t12-,15-,16?/m1/s1. The van der Waals surface area contributed by atoms with Gasteiger partial charge in [-0.15, -0.1) is 0 Å². The molecule has 0 aliphatic carbocycles. The first-order valence-electron chi connectivity index (χ1n) is 7.28. The van der Waals surface area contributed by atoms with Crippen molar-refractivity contribution in [3.63, 3.8) is 0 Å². The van der Waals surface area contributed by atoms with Crippen LogP contribution in [0.1, 0.15) is 13.8 Å². The fourth-order valence-corrected chi connectivity index (χ4v) is 2.22. The molecular weight excluding hydrogens is 356 g/mol. The third kappa shape index (κ3) is 5.01. The fraction of sp³-hybridized carbons (Fsp3) is 0.375. The van der Waals surface area contributed by atoms with Gasteiger partial charge in [-0.1, -0.05) is 11.6 Å². The molecule has 8 nitrogen and oxygen atoms in total. The van der Waals surface area contributed by atoms with Crippen LogP contribution in [-0.4, -0.2) is 47.3 Å². The molecule has 0 saturated carbocycles. The van der Waals surface area contributed by atoms with Crippen molar-refractivity contribution in [3.05, 3.63) is 40.8 Å². The van der Waals surface area contributed by atoms with E-state index < -0.39 is 42.0 Å². The summed E-state index contributed by atoms with van der Waals surface area (Å²) < 4.78 is 20.7. The van der Waals surface area contributed by atoms with E-state index in [1.165, 1.54) is 19.1 Å². The first-order chi connectivity index (χ1) is 11.8. The first kappa shape index (κ1) is 18.9. The number of aliphatic hydroxyl groups excluding tert-OH is 2. The molecule has 0 spiro atoms. The Morgan fingerprint density at radius 1 is 1.12 bits per heavy atom. The minimum Gasteiger partial charge on any atom is -0.505 e. The van der Waals surface area contributed by atoms with Crippen molar-refractivity contribution < 1.29 is 38.7 Å². The van der Waals surface area contributed by atoms with Gasteiger partial charge in [0, 0.05) is 18.9 Å². The number of carbonyl (C=O) groups excluding carboxylic acids is 2. The van der Waals surface area contributed by atoms with Crippen LogP contribution >= 0.6 is 11.6 Å². The summed E-state index contributed by atoms with van der Waals surface area (Å²) in [6.45, 7) is 2.01. The Hall–Kier alpha value is -2.45. The number of halogens is 1. The van der Waals surface area contributed by atoms with Crippen LogP contribution in [0.2, 0.25) is 5.02 Å². The number of rotatable bonds is 5. The molecule has 9 heteroatoms. The summed E-state index contributed by atoms with van der Waals surface area (Å²) in [5, 5.41) is 20.7. The minimum atomic E-state index is -1.38. The Morgan fingerprint density at radius 3 is 2.32 bits per heavy atom. The van der Waals surface area contributed by atoms with Crippen LogP contribution in [0.25, 0.3) is 0 Å². The Balaban J connectivity index is 2.22. The third-order valence-electron chi connectivity index (χ3n) is 3.19. The maximum atomic E-state index is 11.2. The van der Waals surface area contributed by atoms with Crippen molar-refractivity contribution in [3.8, 4) is 5.75 Å². The van der Waals surface area contributed by atoms with Crippen molar-refractivity contribution >= 4 is 23.5 Å². The maximum Gasteiger partial charge on any atom is 0.303 e. The van der Waals surface area contributed by atoms with Gasteiger partial charge in [0.25, 0.3) is 6.29 Å². The minimum absolute atomic E-state index is 0.311. The second-order valence-electron chi connectivity index (χ2n) is 5.18. The molecule has 2 rings (SSSR count). The van der Waals surface area contributed by atoms with Crippen molar-refractivity contribution in [1.29, 1.82) is 0 Å². The second-order valence-corrected chi connectivity index (χ2v) is 5.62. The van der Waals surface area contributed by atoms with Gasteiger partial charge in [0.15, 0.2) is 11.9 Å². The van der Waals surface area contributed by atoms with Crippen LogP contribution in [0.3, 0.4) is 0 Å². The van der Waals surface area contributed by atoms with E-state index in [4.69, 9.17) is 30.5 Å². The largest absolute Gasteiger partial charge is 0.505 e. The summed E-state index contributed by atoms with van der Waals surface area (Å²) in [5.41, 5.74) is 0. The highest BCUT2D eigenvalue weighted by Gasteiger charge is 2.42. The average Bonchev–Trinajstić information content (AvgIpc) is 2.54. The predicted molar refractivity (Wildman–Crippen MR) is 85.2 cm³/mol. The number of aliphatic hydroxyl groups is 2. The van der Waals surface area contributed by atoms with Gasteiger partial charge in [0.05, 0.1) is 0 Å². The van der Waals surface area contributed by atoms with Crippen LogP contribution in [0.4, 0.5) is 0 Å². The van der Waals surface area contributed by atoms with E-state index in [-0.39, 0.29) is 6.61 Å². The van der Waals surface area contributed by atoms with E-state index >= 15 is 0 Å². The van der Waals surface area contributed by atoms with Gasteiger partial charge in [0.1, 0.15) is 18.5 Å². The van der Waals surface area contributed by atoms with Crippen LogP contribution < -0.4 is 4.74 Å². The number of hydrogen-bond acceptors (Lipinski definition) is 8. The lowest BCUT2D eigenvalue weighted by Crippen LogP contribution is -2.47. The zero-order valence-electron chi connectivity index (χ0n) is 13.5. The number of hydrogen-bond donors (Lipinski definition) is 2. The van der Waals surface area contributed by atoms with E-state index in [0.29, 0.717) is 10.8 Å². The molecule has 25 heavy (non-hydrogen) atoms. The molecule has 1 aliphatic rings. The van der Waals surface area contributed by atoms with E-state index in [9.17, 15) is 19.8 Å². The van der Waals surface area contributed by atoms with Gasteiger partial charge in [0.2, 0.25) is 5.76 Å². The lowest BCUT2D eigenvalue weighted by atomic mass is 10.1. The second kappa shape index (κ2) is 8.09. The molecule has 136 valence electrons. The highest BCUT2D eigenvalue weighted by Crippen LogP contribution is 2.28. The monoisotopic (exact) mass is 372 g/mol. The maximum absolute atomic E-state index is 11.2. The quantitative estimate of drug-likeness (QED) is 0.757. The summed E-state index contributed by atoms with van der Waals surface area (Å²) in [7, 11) is 0. The molecule has 1 heterocycles. The summed E-state index contributed by atoms with van der Waals surface area (Å²) >= 11 is 5.79. The Morgan fingerprint density at radius 2 is 1.76 bits per heavy atom. The Labute approximate surface area is 148 Å². The molecule has 0 aromatic heterocycles. The molecule has 1 aliphatic heterocycles. The van der Waals surface area contributed by atoms with E-state index in [1.807, 2.05) is 0 Å². The van der Waals surface area contributed by atoms with Gasteiger partial charge in [-0.05, 0) is 24.3 Å². The fourth-order valence-electron chi connectivity index (χ4n) is 2.09. The normalized spacial score (nSPS) is 23.1. The zero-order valence-corrected chi connectivity index (χ0v) is 14.2. The third-order valence-corrected chi connectivity index (χ3v) is 3.44. The Kier molecular flexibility index (Phi) is 6.11. The van der Waals surface area contributed by atoms with Crippen LogP contribution in [0, 0.1) is 0 Å².